The minimum absolute atomic E-state index is 0.345. The molecule has 1 fully saturated rings. The fourth-order valence-electron chi connectivity index (χ4n) is 1.41. The van der Waals surface area contributed by atoms with Crippen LogP contribution in [-0.2, 0) is 4.79 Å². The third-order valence-electron chi connectivity index (χ3n) is 2.01. The number of ketones is 1. The first kappa shape index (κ1) is 7.34. The van der Waals surface area contributed by atoms with Crippen LogP contribution < -0.4 is 0 Å². The van der Waals surface area contributed by atoms with Gasteiger partial charge in [-0.05, 0) is 12.8 Å². The van der Waals surface area contributed by atoms with Crippen LogP contribution in [0.25, 0.3) is 0 Å². The quantitative estimate of drug-likeness (QED) is 0.462. The topological polar surface area (TPSA) is 17.1 Å². The first-order chi connectivity index (χ1) is 4.74. The Hall–Kier alpha value is -0.770. The van der Waals surface area contributed by atoms with E-state index in [0.717, 1.165) is 6.42 Å². The van der Waals surface area contributed by atoms with E-state index in [-0.39, 0.29) is 0 Å². The van der Waals surface area contributed by atoms with Crippen LogP contribution in [0, 0.1) is 23.7 Å². The lowest BCUT2D eigenvalue weighted by atomic mass is 9.99. The molecule has 1 heteroatoms. The van der Waals surface area contributed by atoms with Gasteiger partial charge in [0, 0.05) is 18.8 Å². The van der Waals surface area contributed by atoms with Gasteiger partial charge in [-0.2, -0.15) is 0 Å². The average Bonchev–Trinajstić information content (AvgIpc) is 2.13. The SMILES string of the molecule is CC#CC1CC(=O)CC1C. The van der Waals surface area contributed by atoms with Crippen LogP contribution in [0.15, 0.2) is 0 Å². The Kier molecular flexibility index (Phi) is 2.11. The highest BCUT2D eigenvalue weighted by atomic mass is 16.1. The number of hydrogen-bond donors (Lipinski definition) is 0. The van der Waals surface area contributed by atoms with E-state index in [1.165, 1.54) is 0 Å². The van der Waals surface area contributed by atoms with Crippen LogP contribution in [0.4, 0.5) is 0 Å². The lowest BCUT2D eigenvalue weighted by Gasteiger charge is -2.03. The molecule has 0 bridgehead atoms. The van der Waals surface area contributed by atoms with Gasteiger partial charge in [0.25, 0.3) is 0 Å². The summed E-state index contributed by atoms with van der Waals surface area (Å²) in [6.45, 7) is 3.93. The van der Waals surface area contributed by atoms with Crippen molar-refractivity contribution in [1.82, 2.24) is 0 Å². The number of Topliss-reactive ketones (excluding diaryl/α,β-unsaturated/α-hetero) is 1. The van der Waals surface area contributed by atoms with Gasteiger partial charge in [-0.15, -0.1) is 5.92 Å². The molecule has 0 radical (unpaired) electrons. The van der Waals surface area contributed by atoms with Crippen molar-refractivity contribution in [3.63, 3.8) is 0 Å². The Bertz CT molecular complexity index is 195. The lowest BCUT2D eigenvalue weighted by Crippen LogP contribution is -1.99. The van der Waals surface area contributed by atoms with Crippen molar-refractivity contribution in [2.24, 2.45) is 11.8 Å². The summed E-state index contributed by atoms with van der Waals surface area (Å²) >= 11 is 0. The molecule has 54 valence electrons. The third-order valence-corrected chi connectivity index (χ3v) is 2.01. The van der Waals surface area contributed by atoms with Gasteiger partial charge in [0.05, 0.1) is 0 Å². The second kappa shape index (κ2) is 2.88. The second-order valence-electron chi connectivity index (χ2n) is 2.93. The normalized spacial score (nSPS) is 31.6. The zero-order valence-corrected chi connectivity index (χ0v) is 6.48. The van der Waals surface area contributed by atoms with Crippen molar-refractivity contribution in [1.29, 1.82) is 0 Å². The average molecular weight is 136 g/mol. The van der Waals surface area contributed by atoms with Gasteiger partial charge in [0.1, 0.15) is 5.78 Å². The molecule has 0 aromatic rings. The van der Waals surface area contributed by atoms with E-state index in [1.807, 2.05) is 6.92 Å². The monoisotopic (exact) mass is 136 g/mol. The molecule has 0 N–H and O–H groups in total. The van der Waals surface area contributed by atoms with E-state index in [0.29, 0.717) is 24.0 Å². The van der Waals surface area contributed by atoms with Crippen molar-refractivity contribution in [2.75, 3.05) is 0 Å². The molecule has 1 rings (SSSR count). The van der Waals surface area contributed by atoms with Gasteiger partial charge in [-0.3, -0.25) is 4.79 Å². The predicted octanol–water partition coefficient (Wildman–Crippen LogP) is 1.62. The number of rotatable bonds is 0. The van der Waals surface area contributed by atoms with Crippen LogP contribution in [0.3, 0.4) is 0 Å². The van der Waals surface area contributed by atoms with Gasteiger partial charge < -0.3 is 0 Å². The summed E-state index contributed by atoms with van der Waals surface area (Å²) < 4.78 is 0. The third kappa shape index (κ3) is 1.39. The molecule has 2 atom stereocenters. The van der Waals surface area contributed by atoms with E-state index in [4.69, 9.17) is 0 Å². The Morgan fingerprint density at radius 3 is 2.60 bits per heavy atom. The summed E-state index contributed by atoms with van der Waals surface area (Å²) in [6.07, 6.45) is 1.42. The zero-order chi connectivity index (χ0) is 7.56. The van der Waals surface area contributed by atoms with Gasteiger partial charge in [-0.25, -0.2) is 0 Å². The highest BCUT2D eigenvalue weighted by Crippen LogP contribution is 2.27. The lowest BCUT2D eigenvalue weighted by molar-refractivity contribution is -0.117. The fraction of sp³-hybridized carbons (Fsp3) is 0.667. The molecule has 0 heterocycles. The number of carbonyl (C=O) groups is 1. The van der Waals surface area contributed by atoms with Crippen molar-refractivity contribution in [3.05, 3.63) is 0 Å². The minimum atomic E-state index is 0.345. The molecule has 1 aliphatic carbocycles. The van der Waals surface area contributed by atoms with Gasteiger partial charge in [0.2, 0.25) is 0 Å². The largest absolute Gasteiger partial charge is 0.300 e. The molecule has 0 aromatic carbocycles. The molecule has 0 aromatic heterocycles. The number of hydrogen-bond acceptors (Lipinski definition) is 1. The molecule has 1 saturated carbocycles. The van der Waals surface area contributed by atoms with E-state index in [1.54, 1.807) is 0 Å². The van der Waals surface area contributed by atoms with Crippen LogP contribution >= 0.6 is 0 Å². The van der Waals surface area contributed by atoms with E-state index in [9.17, 15) is 4.79 Å². The summed E-state index contributed by atoms with van der Waals surface area (Å²) in [6, 6.07) is 0. The summed E-state index contributed by atoms with van der Waals surface area (Å²) in [7, 11) is 0. The van der Waals surface area contributed by atoms with Crippen molar-refractivity contribution < 1.29 is 4.79 Å². The molecule has 0 aliphatic heterocycles. The minimum Gasteiger partial charge on any atom is -0.300 e. The van der Waals surface area contributed by atoms with Crippen LogP contribution in [0.2, 0.25) is 0 Å². The molecule has 0 saturated heterocycles. The van der Waals surface area contributed by atoms with E-state index in [2.05, 4.69) is 18.8 Å². The maximum Gasteiger partial charge on any atom is 0.134 e. The predicted molar refractivity (Wildman–Crippen MR) is 40.3 cm³/mol. The van der Waals surface area contributed by atoms with Gasteiger partial charge in [-0.1, -0.05) is 12.8 Å². The van der Waals surface area contributed by atoms with E-state index >= 15 is 0 Å². The van der Waals surface area contributed by atoms with Crippen LogP contribution in [0.1, 0.15) is 26.7 Å². The molecule has 2 unspecified atom stereocenters. The summed E-state index contributed by atoms with van der Waals surface area (Å²) in [5, 5.41) is 0. The van der Waals surface area contributed by atoms with Gasteiger partial charge >= 0.3 is 0 Å². The van der Waals surface area contributed by atoms with Crippen LogP contribution in [-0.4, -0.2) is 5.78 Å². The number of carbonyl (C=O) groups excluding carboxylic acids is 1. The highest BCUT2D eigenvalue weighted by molar-refractivity contribution is 5.81. The molecule has 10 heavy (non-hydrogen) atoms. The Morgan fingerprint density at radius 2 is 2.20 bits per heavy atom. The van der Waals surface area contributed by atoms with E-state index < -0.39 is 0 Å². The molecular weight excluding hydrogens is 124 g/mol. The Morgan fingerprint density at radius 1 is 1.50 bits per heavy atom. The Balaban J connectivity index is 2.60. The van der Waals surface area contributed by atoms with Crippen LogP contribution in [0.5, 0.6) is 0 Å². The van der Waals surface area contributed by atoms with Crippen molar-refractivity contribution in [2.45, 2.75) is 26.7 Å². The van der Waals surface area contributed by atoms with Gasteiger partial charge in [0.15, 0.2) is 0 Å². The molecule has 1 nitrogen and oxygen atoms in total. The molecule has 1 aliphatic rings. The first-order valence-electron chi connectivity index (χ1n) is 3.68. The summed E-state index contributed by atoms with van der Waals surface area (Å²) in [4.78, 5) is 10.9. The molecular formula is C9H12O. The standard InChI is InChI=1S/C9H12O/c1-3-4-8-6-9(10)5-7(8)2/h7-8H,5-6H2,1-2H3. The maximum absolute atomic E-state index is 10.9. The first-order valence-corrected chi connectivity index (χ1v) is 3.68. The highest BCUT2D eigenvalue weighted by Gasteiger charge is 2.27. The maximum atomic E-state index is 10.9. The van der Waals surface area contributed by atoms with Crippen molar-refractivity contribution >= 4 is 5.78 Å². The summed E-state index contributed by atoms with van der Waals surface area (Å²) in [5.74, 6) is 7.12. The second-order valence-corrected chi connectivity index (χ2v) is 2.93. The smallest absolute Gasteiger partial charge is 0.134 e. The van der Waals surface area contributed by atoms with Crippen molar-refractivity contribution in [3.8, 4) is 11.8 Å². The zero-order valence-electron chi connectivity index (χ0n) is 6.48. The molecule has 0 amide bonds. The summed E-state index contributed by atoms with van der Waals surface area (Å²) in [5.41, 5.74) is 0. The Labute approximate surface area is 61.8 Å². The molecule has 0 spiro atoms. The fourth-order valence-corrected chi connectivity index (χ4v) is 1.41.